The van der Waals surface area contributed by atoms with Gasteiger partial charge in [-0.25, -0.2) is 0 Å². The summed E-state index contributed by atoms with van der Waals surface area (Å²) in [7, 11) is 1.49. The monoisotopic (exact) mass is 291 g/mol. The fourth-order valence-corrected chi connectivity index (χ4v) is 1.55. The molecule has 112 valence electrons. The fraction of sp³-hybridized carbons (Fsp3) is 0.333. The van der Waals surface area contributed by atoms with Crippen LogP contribution >= 0.6 is 0 Å². The number of carbonyl (C=O) groups is 2. The van der Waals surface area contributed by atoms with Crippen LogP contribution in [0.15, 0.2) is 18.2 Å². The summed E-state index contributed by atoms with van der Waals surface area (Å²) >= 11 is 0. The zero-order chi connectivity index (χ0) is 15.7. The number of ether oxygens (including phenoxy) is 2. The Morgan fingerprint density at radius 3 is 2.76 bits per heavy atom. The summed E-state index contributed by atoms with van der Waals surface area (Å²) in [6.45, 7) is 1.46. The molecule has 0 saturated carbocycles. The molecule has 2 N–H and O–H groups in total. The van der Waals surface area contributed by atoms with Crippen molar-refractivity contribution in [2.24, 2.45) is 0 Å². The van der Waals surface area contributed by atoms with Crippen molar-refractivity contribution in [3.63, 3.8) is 0 Å². The Labute approximate surface area is 123 Å². The lowest BCUT2D eigenvalue weighted by Crippen LogP contribution is -2.30. The molecule has 0 heterocycles. The number of hydrogen-bond acceptors (Lipinski definition) is 5. The van der Waals surface area contributed by atoms with Crippen molar-refractivity contribution < 1.29 is 24.2 Å². The Kier molecular flexibility index (Phi) is 6.78. The van der Waals surface area contributed by atoms with Gasteiger partial charge < -0.3 is 19.9 Å². The highest BCUT2D eigenvalue weighted by molar-refractivity contribution is 5.96. The highest BCUT2D eigenvalue weighted by Crippen LogP contribution is 2.18. The zero-order valence-corrected chi connectivity index (χ0v) is 11.9. The van der Waals surface area contributed by atoms with Crippen LogP contribution in [0.2, 0.25) is 0 Å². The molecule has 6 nitrogen and oxygen atoms in total. The third-order valence-corrected chi connectivity index (χ3v) is 2.46. The Hall–Kier alpha value is -2.52. The molecule has 0 aromatic heterocycles. The number of amides is 1. The SMILES string of the molecule is CCOC(=O)CNC(=O)c1ccc(OC)c(C#CCO)c1. The predicted molar refractivity (Wildman–Crippen MR) is 75.9 cm³/mol. The number of benzene rings is 1. The molecule has 0 unspecified atom stereocenters. The van der Waals surface area contributed by atoms with E-state index >= 15 is 0 Å². The average molecular weight is 291 g/mol. The van der Waals surface area contributed by atoms with Crippen molar-refractivity contribution in [2.45, 2.75) is 6.92 Å². The first-order valence-electron chi connectivity index (χ1n) is 6.34. The van der Waals surface area contributed by atoms with Gasteiger partial charge in [0.2, 0.25) is 0 Å². The normalized spacial score (nSPS) is 9.29. The van der Waals surface area contributed by atoms with Crippen LogP contribution in [0.25, 0.3) is 0 Å². The molecule has 0 aliphatic carbocycles. The van der Waals surface area contributed by atoms with Gasteiger partial charge in [0.15, 0.2) is 0 Å². The number of esters is 1. The lowest BCUT2D eigenvalue weighted by atomic mass is 10.1. The van der Waals surface area contributed by atoms with Gasteiger partial charge in [-0.1, -0.05) is 11.8 Å². The minimum Gasteiger partial charge on any atom is -0.495 e. The van der Waals surface area contributed by atoms with Crippen LogP contribution in [0.5, 0.6) is 5.75 Å². The first-order chi connectivity index (χ1) is 10.1. The molecule has 0 radical (unpaired) electrons. The maximum absolute atomic E-state index is 11.9. The van der Waals surface area contributed by atoms with Gasteiger partial charge in [-0.05, 0) is 25.1 Å². The van der Waals surface area contributed by atoms with Crippen LogP contribution in [0.1, 0.15) is 22.8 Å². The van der Waals surface area contributed by atoms with Gasteiger partial charge in [0.1, 0.15) is 18.9 Å². The average Bonchev–Trinajstić information content (AvgIpc) is 2.50. The molecule has 0 atom stereocenters. The van der Waals surface area contributed by atoms with Gasteiger partial charge in [0, 0.05) is 5.56 Å². The van der Waals surface area contributed by atoms with E-state index in [1.807, 2.05) is 0 Å². The van der Waals surface area contributed by atoms with E-state index in [1.54, 1.807) is 19.1 Å². The third kappa shape index (κ3) is 5.16. The Morgan fingerprint density at radius 1 is 1.38 bits per heavy atom. The number of rotatable bonds is 5. The highest BCUT2D eigenvalue weighted by Gasteiger charge is 2.11. The molecule has 0 aliphatic rings. The summed E-state index contributed by atoms with van der Waals surface area (Å²) < 4.78 is 9.84. The highest BCUT2D eigenvalue weighted by atomic mass is 16.5. The van der Waals surface area contributed by atoms with Crippen molar-refractivity contribution in [2.75, 3.05) is 26.9 Å². The lowest BCUT2D eigenvalue weighted by Gasteiger charge is -2.07. The molecule has 0 saturated heterocycles. The minimum atomic E-state index is -0.500. The van der Waals surface area contributed by atoms with E-state index in [2.05, 4.69) is 17.2 Å². The van der Waals surface area contributed by atoms with Crippen molar-refractivity contribution in [1.29, 1.82) is 0 Å². The summed E-state index contributed by atoms with van der Waals surface area (Å²) in [6, 6.07) is 4.69. The number of aliphatic hydroxyl groups is 1. The molecule has 0 spiro atoms. The first kappa shape index (κ1) is 16.5. The van der Waals surface area contributed by atoms with Crippen molar-refractivity contribution >= 4 is 11.9 Å². The lowest BCUT2D eigenvalue weighted by molar-refractivity contribution is -0.141. The van der Waals surface area contributed by atoms with E-state index in [9.17, 15) is 9.59 Å². The second kappa shape index (κ2) is 8.61. The van der Waals surface area contributed by atoms with Crippen LogP contribution in [0.3, 0.4) is 0 Å². The van der Waals surface area contributed by atoms with Crippen molar-refractivity contribution in [3.05, 3.63) is 29.3 Å². The van der Waals surface area contributed by atoms with Crippen molar-refractivity contribution in [3.8, 4) is 17.6 Å². The summed E-state index contributed by atoms with van der Waals surface area (Å²) in [5, 5.41) is 11.2. The number of nitrogens with one attached hydrogen (secondary N) is 1. The van der Waals surface area contributed by atoms with Gasteiger partial charge in [0.25, 0.3) is 5.91 Å². The number of aliphatic hydroxyl groups excluding tert-OH is 1. The maximum Gasteiger partial charge on any atom is 0.325 e. The van der Waals surface area contributed by atoms with Gasteiger partial charge in [-0.2, -0.15) is 0 Å². The molecule has 6 heteroatoms. The van der Waals surface area contributed by atoms with E-state index in [-0.39, 0.29) is 19.8 Å². The Morgan fingerprint density at radius 2 is 2.14 bits per heavy atom. The second-order valence-electron chi connectivity index (χ2n) is 3.86. The summed E-state index contributed by atoms with van der Waals surface area (Å²) in [5.41, 5.74) is 0.817. The minimum absolute atomic E-state index is 0.198. The molecule has 1 rings (SSSR count). The Balaban J connectivity index is 2.83. The van der Waals surface area contributed by atoms with Crippen LogP contribution in [-0.4, -0.2) is 43.9 Å². The van der Waals surface area contributed by atoms with E-state index in [0.29, 0.717) is 16.9 Å². The molecule has 0 bridgehead atoms. The molecule has 0 aliphatic heterocycles. The topological polar surface area (TPSA) is 84.9 Å². The van der Waals surface area contributed by atoms with Crippen LogP contribution < -0.4 is 10.1 Å². The molecular formula is C15H17NO5. The third-order valence-electron chi connectivity index (χ3n) is 2.46. The number of carbonyl (C=O) groups excluding carboxylic acids is 2. The van der Waals surface area contributed by atoms with E-state index in [1.165, 1.54) is 13.2 Å². The van der Waals surface area contributed by atoms with Gasteiger partial charge in [0.05, 0.1) is 19.3 Å². The molecule has 1 amide bonds. The van der Waals surface area contributed by atoms with E-state index in [4.69, 9.17) is 14.6 Å². The smallest absolute Gasteiger partial charge is 0.325 e. The van der Waals surface area contributed by atoms with Gasteiger partial charge >= 0.3 is 5.97 Å². The Bertz CT molecular complexity index is 571. The molecular weight excluding hydrogens is 274 g/mol. The molecule has 0 fully saturated rings. The fourth-order valence-electron chi connectivity index (χ4n) is 1.55. The quantitative estimate of drug-likeness (QED) is 0.603. The second-order valence-corrected chi connectivity index (χ2v) is 3.86. The van der Waals surface area contributed by atoms with Crippen molar-refractivity contribution in [1.82, 2.24) is 5.32 Å². The number of hydrogen-bond donors (Lipinski definition) is 2. The number of methoxy groups -OCH3 is 1. The zero-order valence-electron chi connectivity index (χ0n) is 11.9. The molecule has 1 aromatic carbocycles. The van der Waals surface area contributed by atoms with Gasteiger partial charge in [-0.3, -0.25) is 9.59 Å². The standard InChI is InChI=1S/C15H17NO5/c1-3-21-14(18)10-16-15(19)12-6-7-13(20-2)11(9-12)5-4-8-17/h6-7,9,17H,3,8,10H2,1-2H3,(H,16,19). The summed E-state index contributed by atoms with van der Waals surface area (Å²) in [5.74, 6) is 4.77. The summed E-state index contributed by atoms with van der Waals surface area (Å²) in [6.07, 6.45) is 0. The summed E-state index contributed by atoms with van der Waals surface area (Å²) in [4.78, 5) is 23.1. The van der Waals surface area contributed by atoms with E-state index in [0.717, 1.165) is 0 Å². The maximum atomic E-state index is 11.9. The van der Waals surface area contributed by atoms with Crippen LogP contribution in [0.4, 0.5) is 0 Å². The van der Waals surface area contributed by atoms with Crippen LogP contribution in [0, 0.1) is 11.8 Å². The first-order valence-corrected chi connectivity index (χ1v) is 6.34. The molecule has 1 aromatic rings. The largest absolute Gasteiger partial charge is 0.495 e. The van der Waals surface area contributed by atoms with Crippen LogP contribution in [-0.2, 0) is 9.53 Å². The van der Waals surface area contributed by atoms with Gasteiger partial charge in [-0.15, -0.1) is 0 Å². The van der Waals surface area contributed by atoms with E-state index < -0.39 is 11.9 Å². The molecule has 21 heavy (non-hydrogen) atoms. The predicted octanol–water partition coefficient (Wildman–Crippen LogP) is 0.332.